The third-order valence-electron chi connectivity index (χ3n) is 5.57. The Morgan fingerprint density at radius 2 is 1.76 bits per heavy atom. The summed E-state index contributed by atoms with van der Waals surface area (Å²) in [5, 5.41) is 13.3. The maximum absolute atomic E-state index is 12.0. The highest BCUT2D eigenvalue weighted by Crippen LogP contribution is 2.28. The molecule has 3 rings (SSSR count). The van der Waals surface area contributed by atoms with E-state index in [0.29, 0.717) is 0 Å². The number of hydrogen-bond donors (Lipinski definition) is 3. The molecule has 158 valence electrons. The summed E-state index contributed by atoms with van der Waals surface area (Å²) in [7, 11) is -3.24. The summed E-state index contributed by atoms with van der Waals surface area (Å²) < 4.78 is 26.8. The number of rotatable bonds is 8. The molecule has 0 radical (unpaired) electrons. The number of aliphatic hydroxyl groups excluding tert-OH is 1. The van der Waals surface area contributed by atoms with Crippen molar-refractivity contribution in [1.29, 1.82) is 0 Å². The molecule has 1 saturated carbocycles. The summed E-state index contributed by atoms with van der Waals surface area (Å²) in [5.74, 6) is 0.116. The first-order valence-electron chi connectivity index (χ1n) is 10.3. The molecule has 1 aliphatic carbocycles. The molecular formula is C22H31N3O3S. The van der Waals surface area contributed by atoms with Crippen molar-refractivity contribution in [3.05, 3.63) is 59.9 Å². The van der Waals surface area contributed by atoms with E-state index >= 15 is 0 Å². The monoisotopic (exact) mass is 417 g/mol. The van der Waals surface area contributed by atoms with Crippen LogP contribution in [0, 0.1) is 5.92 Å². The van der Waals surface area contributed by atoms with Crippen molar-refractivity contribution in [3.8, 4) is 0 Å². The van der Waals surface area contributed by atoms with Gasteiger partial charge in [-0.1, -0.05) is 18.2 Å². The number of benzene rings is 1. The Morgan fingerprint density at radius 1 is 1.07 bits per heavy atom. The van der Waals surface area contributed by atoms with E-state index < -0.39 is 21.5 Å². The van der Waals surface area contributed by atoms with Crippen LogP contribution in [0.5, 0.6) is 0 Å². The van der Waals surface area contributed by atoms with Crippen LogP contribution in [0.4, 0.5) is 5.69 Å². The van der Waals surface area contributed by atoms with Crippen LogP contribution in [0.2, 0.25) is 0 Å². The quantitative estimate of drug-likeness (QED) is 0.573. The Morgan fingerprint density at radius 3 is 2.34 bits per heavy atom. The van der Waals surface area contributed by atoms with Crippen LogP contribution in [0.1, 0.15) is 50.7 Å². The van der Waals surface area contributed by atoms with Crippen molar-refractivity contribution in [2.75, 3.05) is 5.32 Å². The van der Waals surface area contributed by atoms with Crippen molar-refractivity contribution in [3.63, 3.8) is 0 Å². The Bertz CT molecular complexity index is 862. The first-order valence-corrected chi connectivity index (χ1v) is 11.8. The largest absolute Gasteiger partial charge is 0.374 e. The molecule has 0 bridgehead atoms. The minimum absolute atomic E-state index is 0.0300. The Kier molecular flexibility index (Phi) is 7.27. The third-order valence-corrected chi connectivity index (χ3v) is 7.47. The van der Waals surface area contributed by atoms with E-state index in [1.165, 1.54) is 5.56 Å². The van der Waals surface area contributed by atoms with E-state index in [4.69, 9.17) is 0 Å². The molecule has 1 heterocycles. The van der Waals surface area contributed by atoms with Gasteiger partial charge in [-0.2, -0.15) is 0 Å². The molecule has 3 N–H and O–H groups in total. The van der Waals surface area contributed by atoms with Gasteiger partial charge in [-0.25, -0.2) is 13.1 Å². The molecule has 7 heteroatoms. The normalized spacial score (nSPS) is 21.1. The number of nitrogens with zero attached hydrogens (tertiary/aromatic N) is 1. The smallest absolute Gasteiger partial charge is 0.214 e. The van der Waals surface area contributed by atoms with E-state index in [2.05, 4.69) is 33.2 Å². The van der Waals surface area contributed by atoms with Gasteiger partial charge >= 0.3 is 0 Å². The summed E-state index contributed by atoms with van der Waals surface area (Å²) in [4.78, 5) is 4.14. The maximum Gasteiger partial charge on any atom is 0.214 e. The zero-order valence-corrected chi connectivity index (χ0v) is 17.9. The van der Waals surface area contributed by atoms with Gasteiger partial charge < -0.3 is 10.4 Å². The second kappa shape index (κ2) is 9.69. The van der Waals surface area contributed by atoms with Gasteiger partial charge in [-0.15, -0.1) is 0 Å². The number of aliphatic hydroxyl groups is 1. The molecule has 2 aromatic rings. The maximum atomic E-state index is 12.0. The average molecular weight is 418 g/mol. The molecule has 0 aliphatic heterocycles. The highest BCUT2D eigenvalue weighted by Gasteiger charge is 2.29. The van der Waals surface area contributed by atoms with E-state index in [-0.39, 0.29) is 12.0 Å². The molecule has 1 aliphatic rings. The van der Waals surface area contributed by atoms with Crippen LogP contribution in [0.25, 0.3) is 0 Å². The highest BCUT2D eigenvalue weighted by molar-refractivity contribution is 7.90. The first-order chi connectivity index (χ1) is 13.8. The fraction of sp³-hybridized carbons (Fsp3) is 0.500. The predicted molar refractivity (Wildman–Crippen MR) is 116 cm³/mol. The van der Waals surface area contributed by atoms with Gasteiger partial charge in [0.05, 0.1) is 5.25 Å². The van der Waals surface area contributed by atoms with Gasteiger partial charge in [0.1, 0.15) is 6.23 Å². The summed E-state index contributed by atoms with van der Waals surface area (Å²) in [6.07, 6.45) is 6.91. The SMILES string of the molecule is CC(C)S(=O)(=O)NC1CCC([C@@H](O)Nc2ccc(Cc3cccnc3)cc2)CC1. The number of hydrogen-bond acceptors (Lipinski definition) is 5. The molecule has 1 aromatic heterocycles. The Hall–Kier alpha value is -1.96. The summed E-state index contributed by atoms with van der Waals surface area (Å²) in [5.41, 5.74) is 3.24. The minimum Gasteiger partial charge on any atom is -0.374 e. The number of nitrogens with one attached hydrogen (secondary N) is 2. The summed E-state index contributed by atoms with van der Waals surface area (Å²) >= 11 is 0. The van der Waals surface area contributed by atoms with Gasteiger partial charge in [0, 0.05) is 30.0 Å². The second-order valence-electron chi connectivity index (χ2n) is 8.15. The number of aromatic nitrogens is 1. The molecule has 0 unspecified atom stereocenters. The Balaban J connectivity index is 1.48. The zero-order chi connectivity index (χ0) is 20.9. The van der Waals surface area contributed by atoms with E-state index in [0.717, 1.165) is 43.4 Å². The number of sulfonamides is 1. The number of pyridine rings is 1. The highest BCUT2D eigenvalue weighted by atomic mass is 32.2. The molecule has 6 nitrogen and oxygen atoms in total. The lowest BCUT2D eigenvalue weighted by atomic mass is 9.85. The van der Waals surface area contributed by atoms with Gasteiger partial charge in [0.2, 0.25) is 10.0 Å². The van der Waals surface area contributed by atoms with Crippen molar-refractivity contribution < 1.29 is 13.5 Å². The molecule has 1 atom stereocenters. The molecule has 1 aromatic carbocycles. The predicted octanol–water partition coefficient (Wildman–Crippen LogP) is 3.29. The zero-order valence-electron chi connectivity index (χ0n) is 17.1. The third kappa shape index (κ3) is 6.26. The van der Waals surface area contributed by atoms with E-state index in [9.17, 15) is 13.5 Å². The van der Waals surface area contributed by atoms with Crippen LogP contribution >= 0.6 is 0 Å². The van der Waals surface area contributed by atoms with Gasteiger partial charge in [-0.05, 0) is 75.3 Å². The van der Waals surface area contributed by atoms with Crippen LogP contribution in [-0.2, 0) is 16.4 Å². The summed E-state index contributed by atoms with van der Waals surface area (Å²) in [6, 6.07) is 12.0. The second-order valence-corrected chi connectivity index (χ2v) is 10.4. The lowest BCUT2D eigenvalue weighted by molar-refractivity contribution is 0.103. The van der Waals surface area contributed by atoms with Crippen molar-refractivity contribution >= 4 is 15.7 Å². The van der Waals surface area contributed by atoms with Crippen molar-refractivity contribution in [1.82, 2.24) is 9.71 Å². The van der Waals surface area contributed by atoms with Crippen LogP contribution in [0.3, 0.4) is 0 Å². The minimum atomic E-state index is -3.24. The lowest BCUT2D eigenvalue weighted by Crippen LogP contribution is -2.43. The molecule has 0 spiro atoms. The van der Waals surface area contributed by atoms with Crippen LogP contribution in [-0.4, -0.2) is 36.0 Å². The number of anilines is 1. The fourth-order valence-corrected chi connectivity index (χ4v) is 4.64. The van der Waals surface area contributed by atoms with Gasteiger partial charge in [-0.3, -0.25) is 4.98 Å². The molecule has 29 heavy (non-hydrogen) atoms. The van der Waals surface area contributed by atoms with Gasteiger partial charge in [0.15, 0.2) is 0 Å². The fourth-order valence-electron chi connectivity index (χ4n) is 3.67. The van der Waals surface area contributed by atoms with Crippen molar-refractivity contribution in [2.45, 2.75) is 63.5 Å². The van der Waals surface area contributed by atoms with Gasteiger partial charge in [0.25, 0.3) is 0 Å². The topological polar surface area (TPSA) is 91.3 Å². The van der Waals surface area contributed by atoms with Crippen molar-refractivity contribution in [2.24, 2.45) is 5.92 Å². The van der Waals surface area contributed by atoms with E-state index in [1.807, 2.05) is 24.4 Å². The molecular weight excluding hydrogens is 386 g/mol. The molecule has 0 amide bonds. The van der Waals surface area contributed by atoms with Crippen LogP contribution < -0.4 is 10.0 Å². The standard InChI is InChI=1S/C22H31N3O3S/c1-16(2)29(27,28)25-21-11-7-19(8-12-21)22(26)24-20-9-5-17(6-10-20)14-18-4-3-13-23-15-18/h3-6,9-10,13,15-16,19,21-22,24-26H,7-8,11-12,14H2,1-2H3/t19?,21?,22-/m1/s1. The van der Waals surface area contributed by atoms with E-state index in [1.54, 1.807) is 20.0 Å². The van der Waals surface area contributed by atoms with Crippen LogP contribution in [0.15, 0.2) is 48.8 Å². The molecule has 0 saturated heterocycles. The average Bonchev–Trinajstić information content (AvgIpc) is 2.70. The molecule has 1 fully saturated rings. The summed E-state index contributed by atoms with van der Waals surface area (Å²) in [6.45, 7) is 3.37. The first kappa shape index (κ1) is 21.7. The lowest BCUT2D eigenvalue weighted by Gasteiger charge is -2.32. The Labute approximate surface area is 173 Å².